The zero-order chi connectivity index (χ0) is 23.4. The van der Waals surface area contributed by atoms with Crippen molar-refractivity contribution >= 4 is 23.4 Å². The summed E-state index contributed by atoms with van der Waals surface area (Å²) in [5.41, 5.74) is 0.916. The molecule has 2 fully saturated rings. The zero-order valence-corrected chi connectivity index (χ0v) is 18.8. The van der Waals surface area contributed by atoms with Crippen molar-refractivity contribution in [2.75, 3.05) is 34.8 Å². The van der Waals surface area contributed by atoms with Crippen molar-refractivity contribution in [3.8, 4) is 0 Å². The number of fused-ring (bicyclic) bond motifs is 3. The summed E-state index contributed by atoms with van der Waals surface area (Å²) in [5.74, 6) is -1.17. The molecule has 0 spiro atoms. The van der Waals surface area contributed by atoms with Gasteiger partial charge in [-0.15, -0.1) is 5.10 Å². The van der Waals surface area contributed by atoms with Crippen molar-refractivity contribution in [2.24, 2.45) is 11.8 Å². The maximum absolute atomic E-state index is 14.5. The molecule has 0 radical (unpaired) electrons. The minimum Gasteiger partial charge on any atom is -0.356 e. The van der Waals surface area contributed by atoms with Crippen LogP contribution in [0.25, 0.3) is 0 Å². The van der Waals surface area contributed by atoms with Crippen LogP contribution in [0, 0.1) is 36.2 Å². The first-order chi connectivity index (χ1) is 16.5. The number of rotatable bonds is 4. The molecule has 4 heterocycles. The first kappa shape index (κ1) is 21.2. The Hall–Kier alpha value is -3.37. The highest BCUT2D eigenvalue weighted by atomic mass is 19.2. The molecule has 1 saturated carbocycles. The van der Waals surface area contributed by atoms with Gasteiger partial charge in [0.05, 0.1) is 5.69 Å². The van der Waals surface area contributed by atoms with Gasteiger partial charge in [0, 0.05) is 44.0 Å². The van der Waals surface area contributed by atoms with E-state index in [0.29, 0.717) is 43.2 Å². The summed E-state index contributed by atoms with van der Waals surface area (Å²) in [7, 11) is 0. The lowest BCUT2D eigenvalue weighted by atomic mass is 9.92. The molecule has 2 bridgehead atoms. The van der Waals surface area contributed by atoms with E-state index in [9.17, 15) is 13.2 Å². The fourth-order valence-electron chi connectivity index (χ4n) is 5.58. The first-order valence-electron chi connectivity index (χ1n) is 11.6. The zero-order valence-electron chi connectivity index (χ0n) is 18.8. The Morgan fingerprint density at radius 3 is 2.56 bits per heavy atom. The van der Waals surface area contributed by atoms with Crippen LogP contribution in [-0.2, 0) is 6.54 Å². The molecule has 178 valence electrons. The molecule has 34 heavy (non-hydrogen) atoms. The maximum atomic E-state index is 14.5. The molecule has 2 aromatic heterocycles. The van der Waals surface area contributed by atoms with Crippen LogP contribution in [0.15, 0.2) is 24.5 Å². The lowest BCUT2D eigenvalue weighted by molar-refractivity contribution is 0.374. The van der Waals surface area contributed by atoms with Gasteiger partial charge in [-0.1, -0.05) is 0 Å². The largest absolute Gasteiger partial charge is 0.356 e. The molecule has 3 aliphatic rings. The van der Waals surface area contributed by atoms with Gasteiger partial charge < -0.3 is 15.1 Å². The third-order valence-electron chi connectivity index (χ3n) is 7.19. The number of aromatic nitrogens is 5. The second-order valence-electron chi connectivity index (χ2n) is 9.35. The van der Waals surface area contributed by atoms with Crippen LogP contribution in [0.5, 0.6) is 0 Å². The summed E-state index contributed by atoms with van der Waals surface area (Å²) in [4.78, 5) is 17.2. The predicted octanol–water partition coefficient (Wildman–Crippen LogP) is 3.66. The van der Waals surface area contributed by atoms with Gasteiger partial charge in [0.15, 0.2) is 17.5 Å². The fourth-order valence-corrected chi connectivity index (χ4v) is 5.58. The van der Waals surface area contributed by atoms with Crippen molar-refractivity contribution in [3.05, 3.63) is 47.7 Å². The Bertz CT molecular complexity index is 1220. The molecular formula is C23H25F3N8. The molecule has 1 aromatic carbocycles. The van der Waals surface area contributed by atoms with Crippen LogP contribution in [-0.4, -0.2) is 50.4 Å². The number of anilines is 4. The number of halogens is 3. The molecule has 3 aromatic rings. The van der Waals surface area contributed by atoms with Gasteiger partial charge in [0.2, 0.25) is 11.9 Å². The third kappa shape index (κ3) is 3.54. The Morgan fingerprint density at radius 1 is 1.00 bits per heavy atom. The molecular weight excluding hydrogens is 445 g/mol. The number of hydrogen-bond acceptors (Lipinski definition) is 7. The lowest BCUT2D eigenvalue weighted by Gasteiger charge is -2.38. The minimum absolute atomic E-state index is 0.0349. The Kier molecular flexibility index (Phi) is 5.07. The van der Waals surface area contributed by atoms with E-state index >= 15 is 0 Å². The summed E-state index contributed by atoms with van der Waals surface area (Å²) < 4.78 is 43.5. The predicted molar refractivity (Wildman–Crippen MR) is 121 cm³/mol. The molecule has 8 nitrogen and oxygen atoms in total. The van der Waals surface area contributed by atoms with E-state index in [2.05, 4.69) is 30.3 Å². The third-order valence-corrected chi connectivity index (χ3v) is 7.19. The van der Waals surface area contributed by atoms with Crippen molar-refractivity contribution in [1.29, 1.82) is 0 Å². The fraction of sp³-hybridized carbons (Fsp3) is 0.478. The molecule has 6 rings (SSSR count). The van der Waals surface area contributed by atoms with Gasteiger partial charge in [-0.05, 0) is 50.2 Å². The van der Waals surface area contributed by atoms with Gasteiger partial charge >= 0.3 is 0 Å². The summed E-state index contributed by atoms with van der Waals surface area (Å²) in [6.45, 7) is 4.83. The average Bonchev–Trinajstić information content (AvgIpc) is 3.33. The molecule has 1 saturated heterocycles. The van der Waals surface area contributed by atoms with Crippen molar-refractivity contribution < 1.29 is 13.2 Å². The second-order valence-corrected chi connectivity index (χ2v) is 9.35. The van der Waals surface area contributed by atoms with E-state index < -0.39 is 17.5 Å². The number of benzene rings is 1. The SMILES string of the molecule is Cc1cc(N2C[C@H]3CC[C@@H](C2)[C@@H]3Nc2nc3n(n2)CCCN3c2ccc(F)c(F)c2F)ncn1. The van der Waals surface area contributed by atoms with E-state index in [4.69, 9.17) is 0 Å². The van der Waals surface area contributed by atoms with Crippen LogP contribution in [0.1, 0.15) is 25.0 Å². The Balaban J connectivity index is 1.22. The van der Waals surface area contributed by atoms with Gasteiger partial charge in [-0.3, -0.25) is 0 Å². The smallest absolute Gasteiger partial charge is 0.244 e. The van der Waals surface area contributed by atoms with Crippen LogP contribution < -0.4 is 15.1 Å². The van der Waals surface area contributed by atoms with Crippen LogP contribution in [0.2, 0.25) is 0 Å². The van der Waals surface area contributed by atoms with E-state index in [1.54, 1.807) is 15.9 Å². The van der Waals surface area contributed by atoms with E-state index in [-0.39, 0.29) is 11.7 Å². The number of piperidine rings is 1. The molecule has 0 amide bonds. The number of hydrogen-bond donors (Lipinski definition) is 1. The highest BCUT2D eigenvalue weighted by Gasteiger charge is 2.43. The van der Waals surface area contributed by atoms with Gasteiger partial charge in [-0.2, -0.15) is 4.98 Å². The van der Waals surface area contributed by atoms with Gasteiger partial charge in [0.1, 0.15) is 12.1 Å². The van der Waals surface area contributed by atoms with E-state index in [0.717, 1.165) is 43.5 Å². The van der Waals surface area contributed by atoms with Crippen molar-refractivity contribution in [3.63, 3.8) is 0 Å². The van der Waals surface area contributed by atoms with Crippen LogP contribution in [0.3, 0.4) is 0 Å². The molecule has 3 atom stereocenters. The topological polar surface area (TPSA) is 75.0 Å². The Morgan fingerprint density at radius 2 is 1.79 bits per heavy atom. The molecule has 1 N–H and O–H groups in total. The Labute approximate surface area is 194 Å². The summed E-state index contributed by atoms with van der Waals surface area (Å²) >= 11 is 0. The molecule has 11 heteroatoms. The number of nitrogens with zero attached hydrogens (tertiary/aromatic N) is 7. The van der Waals surface area contributed by atoms with E-state index in [1.807, 2.05) is 13.0 Å². The molecule has 1 aliphatic carbocycles. The van der Waals surface area contributed by atoms with E-state index in [1.165, 1.54) is 6.07 Å². The first-order valence-corrected chi connectivity index (χ1v) is 11.6. The normalized spacial score (nSPS) is 23.8. The monoisotopic (exact) mass is 470 g/mol. The number of aryl methyl sites for hydroxylation is 2. The second kappa shape index (κ2) is 8.14. The summed E-state index contributed by atoms with van der Waals surface area (Å²) in [6, 6.07) is 4.43. The van der Waals surface area contributed by atoms with Crippen molar-refractivity contribution in [1.82, 2.24) is 24.7 Å². The minimum atomic E-state index is -1.48. The number of nitrogens with one attached hydrogen (secondary N) is 1. The standard InChI is InChI=1S/C23H25F3N8/c1-13-9-18(28-12-27-13)32-10-14-3-4-15(11-32)21(14)29-22-30-23-33(7-2-8-34(23)31-22)17-6-5-16(24)19(25)20(17)26/h5-6,9,12,14-15,21H,2-4,7-8,10-11H2,1H3,(H,29,31)/t14-,15+,21-. The van der Waals surface area contributed by atoms with Crippen LogP contribution in [0.4, 0.5) is 36.6 Å². The van der Waals surface area contributed by atoms with Crippen molar-refractivity contribution in [2.45, 2.75) is 38.8 Å². The summed E-state index contributed by atoms with van der Waals surface area (Å²) in [6.07, 6.45) is 4.53. The molecule has 2 aliphatic heterocycles. The maximum Gasteiger partial charge on any atom is 0.244 e. The molecule has 0 unspecified atom stereocenters. The van der Waals surface area contributed by atoms with Gasteiger partial charge in [-0.25, -0.2) is 27.8 Å². The van der Waals surface area contributed by atoms with Gasteiger partial charge in [0.25, 0.3) is 0 Å². The highest BCUT2D eigenvalue weighted by Crippen LogP contribution is 2.40. The quantitative estimate of drug-likeness (QED) is 0.584. The van der Waals surface area contributed by atoms with Crippen LogP contribution >= 0.6 is 0 Å². The average molecular weight is 471 g/mol. The highest BCUT2D eigenvalue weighted by molar-refractivity contribution is 5.60. The summed E-state index contributed by atoms with van der Waals surface area (Å²) in [5, 5.41) is 8.14. The lowest BCUT2D eigenvalue weighted by Crippen LogP contribution is -2.48.